The highest BCUT2D eigenvalue weighted by molar-refractivity contribution is 5.87. The van der Waals surface area contributed by atoms with Gasteiger partial charge >= 0.3 is 47.6 Å². The molecule has 0 aromatic carbocycles. The molecule has 0 heterocycles. The number of amides is 1. The molecule has 0 spiro atoms. The molecule has 2 nitrogen and oxygen atoms in total. The van der Waals surface area contributed by atoms with Gasteiger partial charge in [0.25, 0.3) is 0 Å². The van der Waals surface area contributed by atoms with Crippen LogP contribution in [-0.2, 0) is 4.79 Å². The Hall–Kier alpha value is -1.98. The molecule has 34 heavy (non-hydrogen) atoms. The number of rotatable bonds is 11. The largest absolute Gasteiger partial charge is 0.460 e. The maximum absolute atomic E-state index is 13.9. The lowest BCUT2D eigenvalue weighted by atomic mass is 9.89. The molecule has 0 rings (SSSR count). The molecule has 0 N–H and O–H groups in total. The van der Waals surface area contributed by atoms with Gasteiger partial charge in [-0.3, -0.25) is 4.79 Å². The van der Waals surface area contributed by atoms with Crippen molar-refractivity contribution in [2.45, 2.75) is 61.0 Å². The third-order valence-corrected chi connectivity index (χ3v) is 4.16. The molecule has 0 unspecified atom stereocenters. The molecule has 0 aliphatic carbocycles. The van der Waals surface area contributed by atoms with Crippen LogP contribution in [0.4, 0.5) is 74.6 Å². The summed E-state index contributed by atoms with van der Waals surface area (Å²) >= 11 is 0. The van der Waals surface area contributed by atoms with Crippen LogP contribution >= 0.6 is 0 Å². The zero-order valence-corrected chi connectivity index (χ0v) is 16.2. The van der Waals surface area contributed by atoms with Gasteiger partial charge in [0.1, 0.15) is 0 Å². The van der Waals surface area contributed by atoms with Gasteiger partial charge in [0.15, 0.2) is 0 Å². The minimum absolute atomic E-state index is 0.143. The van der Waals surface area contributed by atoms with E-state index in [1.807, 2.05) is 0 Å². The van der Waals surface area contributed by atoms with Crippen LogP contribution in [-0.4, -0.2) is 71.5 Å². The Labute approximate surface area is 178 Å². The quantitative estimate of drug-likeness (QED) is 0.217. The second kappa shape index (κ2) is 8.91. The van der Waals surface area contributed by atoms with E-state index in [0.29, 0.717) is 0 Å². The molecule has 0 saturated carbocycles. The minimum Gasteiger partial charge on any atom is -0.333 e. The number of halogens is 17. The highest BCUT2D eigenvalue weighted by Crippen LogP contribution is 2.63. The fourth-order valence-electron chi connectivity index (χ4n) is 2.20. The maximum Gasteiger partial charge on any atom is 0.460 e. The van der Waals surface area contributed by atoms with Crippen molar-refractivity contribution in [2.24, 2.45) is 0 Å². The predicted molar refractivity (Wildman–Crippen MR) is 77.8 cm³/mol. The van der Waals surface area contributed by atoms with Crippen molar-refractivity contribution in [3.05, 3.63) is 12.7 Å². The topological polar surface area (TPSA) is 20.3 Å². The summed E-state index contributed by atoms with van der Waals surface area (Å²) in [6.07, 6.45) is -8.03. The summed E-state index contributed by atoms with van der Waals surface area (Å²) in [4.78, 5) is 10.9. The third-order valence-electron chi connectivity index (χ3n) is 4.16. The van der Waals surface area contributed by atoms with E-state index in [1.165, 1.54) is 0 Å². The molecule has 1 amide bonds. The molecular formula is C15H12F17NO. The Morgan fingerprint density at radius 2 is 0.971 bits per heavy atom. The second-order valence-electron chi connectivity index (χ2n) is 6.61. The van der Waals surface area contributed by atoms with Crippen molar-refractivity contribution in [3.63, 3.8) is 0 Å². The van der Waals surface area contributed by atoms with Crippen LogP contribution in [0.15, 0.2) is 12.7 Å². The van der Waals surface area contributed by atoms with E-state index in [0.717, 1.165) is 6.92 Å². The summed E-state index contributed by atoms with van der Waals surface area (Å²) in [6.45, 7) is -0.0952. The normalized spacial score (nSPS) is 15.4. The van der Waals surface area contributed by atoms with Crippen molar-refractivity contribution >= 4 is 5.91 Å². The molecule has 0 aromatic rings. The molecule has 0 atom stereocenters. The first-order chi connectivity index (χ1) is 14.7. The molecule has 202 valence electrons. The minimum atomic E-state index is -8.68. The lowest BCUT2D eigenvalue weighted by Gasteiger charge is -2.43. The molecular weight excluding hydrogens is 533 g/mol. The molecule has 0 radical (unpaired) electrons. The summed E-state index contributed by atoms with van der Waals surface area (Å²) in [5.41, 5.74) is 0. The molecule has 0 aliphatic heterocycles. The van der Waals surface area contributed by atoms with E-state index in [-0.39, 0.29) is 12.5 Å². The first kappa shape index (κ1) is 32.0. The number of hydrogen-bond donors (Lipinski definition) is 0. The van der Waals surface area contributed by atoms with Gasteiger partial charge in [0, 0.05) is 6.54 Å². The van der Waals surface area contributed by atoms with Gasteiger partial charge in [-0.25, -0.2) is 0 Å². The van der Waals surface area contributed by atoms with Crippen molar-refractivity contribution < 1.29 is 79.4 Å². The van der Waals surface area contributed by atoms with Crippen LogP contribution in [0.1, 0.15) is 13.3 Å². The summed E-state index contributed by atoms with van der Waals surface area (Å²) in [5, 5.41) is 0. The number of nitrogens with zero attached hydrogens (tertiary/aromatic N) is 1. The Kier molecular flexibility index (Phi) is 8.39. The Morgan fingerprint density at radius 1 is 0.647 bits per heavy atom. The van der Waals surface area contributed by atoms with Gasteiger partial charge in [-0.1, -0.05) is 13.5 Å². The first-order valence-electron chi connectivity index (χ1n) is 8.28. The smallest absolute Gasteiger partial charge is 0.333 e. The molecule has 0 fully saturated rings. The third kappa shape index (κ3) is 4.49. The number of hydrogen-bond acceptors (Lipinski definition) is 1. The highest BCUT2D eigenvalue weighted by Gasteiger charge is 2.95. The van der Waals surface area contributed by atoms with Gasteiger partial charge in [0.05, 0.1) is 6.54 Å². The number of carbonyl (C=O) groups is 1. The van der Waals surface area contributed by atoms with Crippen LogP contribution in [0, 0.1) is 0 Å². The number of alkyl halides is 17. The van der Waals surface area contributed by atoms with Gasteiger partial charge in [-0.15, -0.1) is 0 Å². The predicted octanol–water partition coefficient (Wildman–Crippen LogP) is 6.42. The van der Waals surface area contributed by atoms with Crippen molar-refractivity contribution in [1.29, 1.82) is 0 Å². The Balaban J connectivity index is 6.70. The maximum atomic E-state index is 13.9. The average molecular weight is 545 g/mol. The van der Waals surface area contributed by atoms with E-state index >= 15 is 0 Å². The van der Waals surface area contributed by atoms with Crippen LogP contribution in [0.25, 0.3) is 0 Å². The SMILES string of the molecule is C=CC(=O)N(CCC)CC(F)(F)C(F)(F)C(F)(F)C(F)(F)C(F)(F)C(F)(F)C(F)(F)C(F)(F)F. The fraction of sp³-hybridized carbons (Fsp3) is 0.800. The van der Waals surface area contributed by atoms with Crippen molar-refractivity contribution in [3.8, 4) is 0 Å². The second-order valence-corrected chi connectivity index (χ2v) is 6.61. The van der Waals surface area contributed by atoms with Gasteiger partial charge < -0.3 is 4.90 Å². The Morgan fingerprint density at radius 3 is 1.26 bits per heavy atom. The summed E-state index contributed by atoms with van der Waals surface area (Å²) in [6, 6.07) is 0. The van der Waals surface area contributed by atoms with Gasteiger partial charge in [-0.05, 0) is 12.5 Å². The molecule has 19 heteroatoms. The molecule has 0 aromatic heterocycles. The van der Waals surface area contributed by atoms with Crippen molar-refractivity contribution in [1.82, 2.24) is 4.90 Å². The van der Waals surface area contributed by atoms with E-state index < -0.39 is 71.5 Å². The zero-order chi connectivity index (χ0) is 28.0. The zero-order valence-electron chi connectivity index (χ0n) is 16.2. The lowest BCUT2D eigenvalue weighted by molar-refractivity contribution is -0.461. The fourth-order valence-corrected chi connectivity index (χ4v) is 2.20. The first-order valence-corrected chi connectivity index (χ1v) is 8.28. The molecule has 0 bridgehead atoms. The van der Waals surface area contributed by atoms with Crippen LogP contribution in [0.5, 0.6) is 0 Å². The summed E-state index contributed by atoms with van der Waals surface area (Å²) in [7, 11) is 0. The molecule has 0 saturated heterocycles. The number of carbonyl (C=O) groups excluding carboxylic acids is 1. The standard InChI is InChI=1S/C15H12F17NO/c1-3-5-33(7(34)4-2)6-8(16,17)9(18,19)10(20,21)11(22,23)12(24,25)13(26,27)14(28,29)15(30,31)32/h4H,2-3,5-6H2,1H3. The van der Waals surface area contributed by atoms with E-state index in [4.69, 9.17) is 0 Å². The Bertz CT molecular complexity index is 755. The van der Waals surface area contributed by atoms with Crippen LogP contribution in [0.2, 0.25) is 0 Å². The average Bonchev–Trinajstić information content (AvgIpc) is 2.64. The van der Waals surface area contributed by atoms with E-state index in [9.17, 15) is 79.4 Å². The van der Waals surface area contributed by atoms with Crippen molar-refractivity contribution in [2.75, 3.05) is 13.1 Å². The van der Waals surface area contributed by atoms with Gasteiger partial charge in [0.2, 0.25) is 5.91 Å². The lowest BCUT2D eigenvalue weighted by Crippen LogP contribution is -2.75. The highest BCUT2D eigenvalue weighted by atomic mass is 19.4. The summed E-state index contributed by atoms with van der Waals surface area (Å²) < 4.78 is 224. The summed E-state index contributed by atoms with van der Waals surface area (Å²) in [5.74, 6) is -58.6. The van der Waals surface area contributed by atoms with Crippen LogP contribution in [0.3, 0.4) is 0 Å². The van der Waals surface area contributed by atoms with Crippen LogP contribution < -0.4 is 0 Å². The molecule has 0 aliphatic rings. The van der Waals surface area contributed by atoms with E-state index in [2.05, 4.69) is 6.58 Å². The van der Waals surface area contributed by atoms with Gasteiger partial charge in [-0.2, -0.15) is 74.6 Å². The monoisotopic (exact) mass is 545 g/mol. The van der Waals surface area contributed by atoms with E-state index in [1.54, 1.807) is 0 Å².